The molecule has 0 amide bonds. The van der Waals surface area contributed by atoms with Gasteiger partial charge in [-0.25, -0.2) is 0 Å². The first-order chi connectivity index (χ1) is 35.0. The van der Waals surface area contributed by atoms with E-state index in [2.05, 4.69) is 167 Å². The van der Waals surface area contributed by atoms with Gasteiger partial charge in [-0.15, -0.1) is 0 Å². The summed E-state index contributed by atoms with van der Waals surface area (Å²) in [6.07, 6.45) is 82.6. The summed E-state index contributed by atoms with van der Waals surface area (Å²) < 4.78 is 16.8. The van der Waals surface area contributed by atoms with Gasteiger partial charge in [-0.1, -0.05) is 218 Å². The third kappa shape index (κ3) is 56.1. The lowest BCUT2D eigenvalue weighted by atomic mass is 10.1. The Labute approximate surface area is 436 Å². The summed E-state index contributed by atoms with van der Waals surface area (Å²) in [5.41, 5.74) is 0. The molecule has 0 saturated heterocycles. The molecule has 398 valence electrons. The maximum absolute atomic E-state index is 12.8. The maximum atomic E-state index is 12.8. The van der Waals surface area contributed by atoms with Crippen LogP contribution in [0.5, 0.6) is 0 Å². The molecular formula is C65H102O6. The molecule has 0 spiro atoms. The molecule has 0 heterocycles. The van der Waals surface area contributed by atoms with Crippen LogP contribution < -0.4 is 0 Å². The minimum absolute atomic E-state index is 0.121. The summed E-state index contributed by atoms with van der Waals surface area (Å²) in [6.45, 7) is 6.29. The van der Waals surface area contributed by atoms with Gasteiger partial charge in [0, 0.05) is 19.3 Å². The summed E-state index contributed by atoms with van der Waals surface area (Å²) in [4.78, 5) is 38.2. The standard InChI is InChI=1S/C65H102O6/c1-4-7-10-13-16-19-22-25-28-31-32-35-37-40-43-46-49-52-55-58-64(67)70-61-62(71-65(68)59-56-53-50-47-44-41-38-34-30-27-24-21-18-15-12-9-6-3)60-69-63(66)57-54-51-48-45-42-39-36-33-29-26-23-20-17-14-11-8-5-2/h7,9-10,12,16-21,25-30,32,35,38,40-41,43,47,50,62H,4-6,8,11,13-15,22-24,31,33-34,36-37,39,42,44-46,48-49,51-61H2,1-3H3/b10-7-,12-9-,19-16-,20-17-,21-18-,28-25-,29-26-,30-27-,35-32-,41-38-,43-40-,50-47-. The molecule has 71 heavy (non-hydrogen) atoms. The van der Waals surface area contributed by atoms with E-state index >= 15 is 0 Å². The van der Waals surface area contributed by atoms with Crippen molar-refractivity contribution in [1.82, 2.24) is 0 Å². The van der Waals surface area contributed by atoms with Gasteiger partial charge in [0.15, 0.2) is 6.10 Å². The zero-order valence-electron chi connectivity index (χ0n) is 45.4. The first kappa shape index (κ1) is 66.3. The number of carbonyl (C=O) groups excluding carboxylic acids is 3. The Morgan fingerprint density at radius 1 is 0.296 bits per heavy atom. The van der Waals surface area contributed by atoms with E-state index in [1.807, 2.05) is 0 Å². The molecule has 0 bridgehead atoms. The van der Waals surface area contributed by atoms with E-state index in [1.165, 1.54) is 51.4 Å². The van der Waals surface area contributed by atoms with Crippen molar-refractivity contribution in [2.24, 2.45) is 0 Å². The molecule has 0 aliphatic carbocycles. The van der Waals surface area contributed by atoms with Crippen molar-refractivity contribution < 1.29 is 28.6 Å². The Morgan fingerprint density at radius 3 is 0.915 bits per heavy atom. The molecule has 0 fully saturated rings. The molecule has 0 aromatic carbocycles. The predicted molar refractivity (Wildman–Crippen MR) is 306 cm³/mol. The molecule has 6 nitrogen and oxygen atoms in total. The molecule has 0 aliphatic rings. The number of esters is 3. The van der Waals surface area contributed by atoms with Gasteiger partial charge in [0.25, 0.3) is 0 Å². The van der Waals surface area contributed by atoms with Crippen LogP contribution in [0.3, 0.4) is 0 Å². The van der Waals surface area contributed by atoms with Crippen LogP contribution in [0.1, 0.15) is 226 Å². The Hall–Kier alpha value is -4.71. The van der Waals surface area contributed by atoms with Crippen LogP contribution in [0, 0.1) is 0 Å². The minimum atomic E-state index is -0.832. The highest BCUT2D eigenvalue weighted by molar-refractivity contribution is 5.71. The van der Waals surface area contributed by atoms with Crippen LogP contribution >= 0.6 is 0 Å². The molecule has 1 unspecified atom stereocenters. The van der Waals surface area contributed by atoms with Gasteiger partial charge in [-0.3, -0.25) is 14.4 Å². The second-order valence-electron chi connectivity index (χ2n) is 18.1. The second-order valence-corrected chi connectivity index (χ2v) is 18.1. The smallest absolute Gasteiger partial charge is 0.306 e. The van der Waals surface area contributed by atoms with Crippen LogP contribution in [-0.2, 0) is 28.6 Å². The van der Waals surface area contributed by atoms with E-state index in [0.29, 0.717) is 19.3 Å². The molecule has 0 rings (SSSR count). The van der Waals surface area contributed by atoms with Crippen molar-refractivity contribution >= 4 is 17.9 Å². The highest BCUT2D eigenvalue weighted by Crippen LogP contribution is 2.13. The summed E-state index contributed by atoms with van der Waals surface area (Å²) in [6, 6.07) is 0. The van der Waals surface area contributed by atoms with E-state index in [4.69, 9.17) is 14.2 Å². The van der Waals surface area contributed by atoms with Crippen molar-refractivity contribution in [3.63, 3.8) is 0 Å². The SMILES string of the molecule is CC/C=C\C/C=C\C/C=C\C/C=C\C/C=C\CCCCCC(=O)OCC(COC(=O)CCCCCCCCC/C=C\C/C=C\CCCCC)OC(=O)CCC/C=C\C/C=C\C/C=C\C/C=C\C/C=C\CC. The molecule has 6 heteroatoms. The molecule has 0 saturated carbocycles. The van der Waals surface area contributed by atoms with Crippen LogP contribution in [0.4, 0.5) is 0 Å². The number of ether oxygens (including phenoxy) is 3. The first-order valence-electron chi connectivity index (χ1n) is 28.3. The number of hydrogen-bond acceptors (Lipinski definition) is 6. The number of hydrogen-bond donors (Lipinski definition) is 0. The zero-order valence-corrected chi connectivity index (χ0v) is 45.4. The Morgan fingerprint density at radius 2 is 0.563 bits per heavy atom. The van der Waals surface area contributed by atoms with Crippen molar-refractivity contribution in [2.75, 3.05) is 13.2 Å². The topological polar surface area (TPSA) is 78.9 Å². The van der Waals surface area contributed by atoms with Crippen LogP contribution in [-0.4, -0.2) is 37.2 Å². The molecule has 0 aromatic rings. The highest BCUT2D eigenvalue weighted by Gasteiger charge is 2.19. The number of carbonyl (C=O) groups is 3. The minimum Gasteiger partial charge on any atom is -0.462 e. The number of allylic oxidation sites excluding steroid dienone is 24. The monoisotopic (exact) mass is 979 g/mol. The molecule has 0 aliphatic heterocycles. The molecule has 0 radical (unpaired) electrons. The molecule has 0 N–H and O–H groups in total. The quantitative estimate of drug-likeness (QED) is 0.0262. The predicted octanol–water partition coefficient (Wildman–Crippen LogP) is 19.2. The van der Waals surface area contributed by atoms with Crippen molar-refractivity contribution in [1.29, 1.82) is 0 Å². The Kier molecular flexibility index (Phi) is 54.0. The lowest BCUT2D eigenvalue weighted by molar-refractivity contribution is -0.167. The first-order valence-corrected chi connectivity index (χ1v) is 28.3. The normalized spacial score (nSPS) is 13.2. The molecule has 0 aromatic heterocycles. The van der Waals surface area contributed by atoms with Gasteiger partial charge in [0.2, 0.25) is 0 Å². The van der Waals surface area contributed by atoms with E-state index in [-0.39, 0.29) is 37.5 Å². The van der Waals surface area contributed by atoms with Gasteiger partial charge in [-0.05, 0) is 135 Å². The summed E-state index contributed by atoms with van der Waals surface area (Å²) >= 11 is 0. The number of unbranched alkanes of at least 4 members (excludes halogenated alkanes) is 14. The average molecular weight is 980 g/mol. The molecule has 1 atom stereocenters. The Balaban J connectivity index is 4.58. The second kappa shape index (κ2) is 57.9. The van der Waals surface area contributed by atoms with Crippen LogP contribution in [0.25, 0.3) is 0 Å². The maximum Gasteiger partial charge on any atom is 0.306 e. The third-order valence-corrected chi connectivity index (χ3v) is 11.3. The highest BCUT2D eigenvalue weighted by atomic mass is 16.6. The van der Waals surface area contributed by atoms with E-state index < -0.39 is 6.10 Å². The third-order valence-electron chi connectivity index (χ3n) is 11.3. The lowest BCUT2D eigenvalue weighted by Crippen LogP contribution is -2.30. The van der Waals surface area contributed by atoms with Crippen LogP contribution in [0.2, 0.25) is 0 Å². The van der Waals surface area contributed by atoms with Crippen molar-refractivity contribution in [3.8, 4) is 0 Å². The van der Waals surface area contributed by atoms with Crippen molar-refractivity contribution in [2.45, 2.75) is 232 Å². The van der Waals surface area contributed by atoms with Gasteiger partial charge in [-0.2, -0.15) is 0 Å². The average Bonchev–Trinajstić information content (AvgIpc) is 3.37. The number of rotatable bonds is 49. The largest absolute Gasteiger partial charge is 0.462 e. The van der Waals surface area contributed by atoms with E-state index in [9.17, 15) is 14.4 Å². The Bertz CT molecular complexity index is 1590. The zero-order chi connectivity index (χ0) is 51.4. The van der Waals surface area contributed by atoms with Gasteiger partial charge in [0.05, 0.1) is 0 Å². The summed E-state index contributed by atoms with van der Waals surface area (Å²) in [5, 5.41) is 0. The van der Waals surface area contributed by atoms with Gasteiger partial charge >= 0.3 is 17.9 Å². The fourth-order valence-electron chi connectivity index (χ4n) is 7.12. The summed E-state index contributed by atoms with van der Waals surface area (Å²) in [7, 11) is 0. The van der Waals surface area contributed by atoms with E-state index in [1.54, 1.807) is 0 Å². The lowest BCUT2D eigenvalue weighted by Gasteiger charge is -2.18. The summed E-state index contributed by atoms with van der Waals surface area (Å²) in [5.74, 6) is -1.03. The van der Waals surface area contributed by atoms with Gasteiger partial charge in [0.1, 0.15) is 13.2 Å². The fraction of sp³-hybridized carbons (Fsp3) is 0.585. The van der Waals surface area contributed by atoms with Crippen LogP contribution in [0.15, 0.2) is 146 Å². The van der Waals surface area contributed by atoms with E-state index in [0.717, 1.165) is 128 Å². The molecular weight excluding hydrogens is 877 g/mol. The fourth-order valence-corrected chi connectivity index (χ4v) is 7.12. The van der Waals surface area contributed by atoms with Gasteiger partial charge < -0.3 is 14.2 Å². The van der Waals surface area contributed by atoms with Crippen molar-refractivity contribution in [3.05, 3.63) is 146 Å².